The summed E-state index contributed by atoms with van der Waals surface area (Å²) >= 11 is 3.67. The van der Waals surface area contributed by atoms with E-state index in [1.54, 1.807) is 12.1 Å². The molecule has 118 valence electrons. The van der Waals surface area contributed by atoms with Crippen LogP contribution in [-0.4, -0.2) is 14.7 Å². The SMILES string of the molecule is Cc1cccc(N=[N+]=NC(=O)c2cc(NS(=O)O)ccc2Cl)c1. The highest BCUT2D eigenvalue weighted by Crippen LogP contribution is 2.21. The third kappa shape index (κ3) is 5.08. The van der Waals surface area contributed by atoms with Gasteiger partial charge in [-0.1, -0.05) is 23.7 Å². The normalized spacial score (nSPS) is 11.3. The predicted molar refractivity (Wildman–Crippen MR) is 88.0 cm³/mol. The van der Waals surface area contributed by atoms with Crippen molar-refractivity contribution in [2.24, 2.45) is 10.2 Å². The second-order valence-corrected chi connectivity index (χ2v) is 5.59. The first-order valence-corrected chi connectivity index (χ1v) is 7.84. The molecule has 9 heteroatoms. The quantitative estimate of drug-likeness (QED) is 0.499. The number of nitrogens with one attached hydrogen (secondary N) is 1. The highest BCUT2D eigenvalue weighted by Gasteiger charge is 2.15. The van der Waals surface area contributed by atoms with Crippen molar-refractivity contribution >= 4 is 40.1 Å². The van der Waals surface area contributed by atoms with Crippen molar-refractivity contribution in [3.63, 3.8) is 0 Å². The molecule has 1 atom stereocenters. The van der Waals surface area contributed by atoms with Gasteiger partial charge in [-0.2, -0.15) is 0 Å². The van der Waals surface area contributed by atoms with Crippen LogP contribution < -0.4 is 9.63 Å². The van der Waals surface area contributed by atoms with Crippen LogP contribution in [0.1, 0.15) is 15.9 Å². The molecule has 0 aliphatic rings. The number of carbonyl (C=O) groups is 1. The molecule has 2 N–H and O–H groups in total. The summed E-state index contributed by atoms with van der Waals surface area (Å²) in [5.74, 6) is -0.709. The Balaban J connectivity index is 2.23. The average molecular weight is 352 g/mol. The fraction of sp³-hybridized carbons (Fsp3) is 0.0714. The molecule has 2 aromatic rings. The van der Waals surface area contributed by atoms with Gasteiger partial charge in [-0.15, -0.1) is 0 Å². The van der Waals surface area contributed by atoms with E-state index >= 15 is 0 Å². The molecule has 0 bridgehead atoms. The Kier molecular flexibility index (Phi) is 5.72. The van der Waals surface area contributed by atoms with E-state index in [4.69, 9.17) is 16.2 Å². The van der Waals surface area contributed by atoms with Gasteiger partial charge in [0.25, 0.3) is 11.3 Å². The molecular weight excluding hydrogens is 340 g/mol. The number of amides is 1. The van der Waals surface area contributed by atoms with E-state index in [2.05, 4.69) is 19.9 Å². The second kappa shape index (κ2) is 7.75. The van der Waals surface area contributed by atoms with E-state index < -0.39 is 17.2 Å². The second-order valence-electron chi connectivity index (χ2n) is 4.48. The van der Waals surface area contributed by atoms with Crippen LogP contribution in [-0.2, 0) is 11.3 Å². The van der Waals surface area contributed by atoms with Gasteiger partial charge < -0.3 is 0 Å². The Labute approximate surface area is 139 Å². The molecule has 7 nitrogen and oxygen atoms in total. The minimum absolute atomic E-state index is 0.0466. The molecule has 0 saturated carbocycles. The number of halogens is 1. The molecular formula is C14H12ClN4O3S+. The van der Waals surface area contributed by atoms with Crippen molar-refractivity contribution < 1.29 is 13.6 Å². The summed E-state index contributed by atoms with van der Waals surface area (Å²) in [5, 5.41) is 7.44. The number of aryl methyl sites for hydroxylation is 1. The third-order valence-corrected chi connectivity index (χ3v) is 3.44. The summed E-state index contributed by atoms with van der Waals surface area (Å²) < 4.78 is 21.7. The Morgan fingerprint density at radius 1 is 1.30 bits per heavy atom. The molecule has 0 fully saturated rings. The number of hydrogen-bond acceptors (Lipinski definition) is 3. The Hall–Kier alpha value is -2.38. The number of anilines is 1. The van der Waals surface area contributed by atoms with Crippen molar-refractivity contribution in [2.75, 3.05) is 4.72 Å². The van der Waals surface area contributed by atoms with E-state index in [0.717, 1.165) is 5.56 Å². The molecule has 2 aromatic carbocycles. The summed E-state index contributed by atoms with van der Waals surface area (Å²) in [7, 11) is 0. The van der Waals surface area contributed by atoms with Gasteiger partial charge in [0, 0.05) is 5.69 Å². The smallest absolute Gasteiger partial charge is 0.289 e. The minimum atomic E-state index is -2.25. The summed E-state index contributed by atoms with van der Waals surface area (Å²) in [4.78, 5) is 15.5. The van der Waals surface area contributed by atoms with Crippen molar-refractivity contribution in [1.82, 2.24) is 4.91 Å². The van der Waals surface area contributed by atoms with Crippen molar-refractivity contribution in [2.45, 2.75) is 6.92 Å². The molecule has 0 aromatic heterocycles. The Bertz CT molecular complexity index is 835. The van der Waals surface area contributed by atoms with Gasteiger partial charge in [0.15, 0.2) is 10.8 Å². The number of hydrogen-bond donors (Lipinski definition) is 2. The van der Waals surface area contributed by atoms with E-state index in [-0.39, 0.29) is 16.3 Å². The topological polar surface area (TPSA) is 105 Å². The molecule has 0 spiro atoms. The monoisotopic (exact) mass is 351 g/mol. The first-order chi connectivity index (χ1) is 11.0. The van der Waals surface area contributed by atoms with Gasteiger partial charge in [-0.05, 0) is 42.8 Å². The molecule has 1 amide bonds. The van der Waals surface area contributed by atoms with Gasteiger partial charge in [0.2, 0.25) is 10.0 Å². The molecule has 0 aliphatic heterocycles. The molecule has 0 aliphatic carbocycles. The maximum atomic E-state index is 12.0. The van der Waals surface area contributed by atoms with Crippen LogP contribution >= 0.6 is 11.6 Å². The lowest BCUT2D eigenvalue weighted by atomic mass is 10.2. The Morgan fingerprint density at radius 3 is 2.78 bits per heavy atom. The van der Waals surface area contributed by atoms with E-state index in [0.29, 0.717) is 5.69 Å². The first kappa shape index (κ1) is 17.0. The molecule has 1 unspecified atom stereocenters. The standard InChI is InChI=1S/C14H11ClN4O3S/c1-9-3-2-4-10(7-9)16-19-17-14(20)12-8-11(18-23(21)22)5-6-13(12)15/h2-8,18H,1H3/p+1. The van der Waals surface area contributed by atoms with Gasteiger partial charge in [0.05, 0.1) is 10.6 Å². The summed E-state index contributed by atoms with van der Waals surface area (Å²) in [6.45, 7) is 1.91. The van der Waals surface area contributed by atoms with Crippen LogP contribution in [0.4, 0.5) is 11.4 Å². The lowest BCUT2D eigenvalue weighted by Crippen LogP contribution is -2.04. The van der Waals surface area contributed by atoms with Crippen molar-refractivity contribution in [3.8, 4) is 0 Å². The van der Waals surface area contributed by atoms with Gasteiger partial charge in [-0.3, -0.25) is 14.1 Å². The predicted octanol–water partition coefficient (Wildman–Crippen LogP) is 3.64. The lowest BCUT2D eigenvalue weighted by Gasteiger charge is -2.02. The average Bonchev–Trinajstić information content (AvgIpc) is 2.48. The van der Waals surface area contributed by atoms with Gasteiger partial charge in [0.1, 0.15) is 0 Å². The Morgan fingerprint density at radius 2 is 2.09 bits per heavy atom. The van der Waals surface area contributed by atoms with Crippen LogP contribution in [0.5, 0.6) is 0 Å². The zero-order valence-electron chi connectivity index (χ0n) is 11.9. The number of rotatable bonds is 4. The van der Waals surface area contributed by atoms with Gasteiger partial charge >= 0.3 is 5.91 Å². The maximum Gasteiger partial charge on any atom is 0.362 e. The zero-order chi connectivity index (χ0) is 16.8. The van der Waals surface area contributed by atoms with Crippen LogP contribution in [0.2, 0.25) is 5.02 Å². The molecule has 0 saturated heterocycles. The third-order valence-electron chi connectivity index (χ3n) is 2.70. The molecule has 23 heavy (non-hydrogen) atoms. The zero-order valence-corrected chi connectivity index (χ0v) is 13.5. The number of benzene rings is 2. The van der Waals surface area contributed by atoms with E-state index in [1.807, 2.05) is 19.1 Å². The van der Waals surface area contributed by atoms with E-state index in [1.165, 1.54) is 18.2 Å². The molecule has 0 heterocycles. The largest absolute Gasteiger partial charge is 0.362 e. The fourth-order valence-corrected chi connectivity index (χ4v) is 2.24. The summed E-state index contributed by atoms with van der Waals surface area (Å²) in [6.07, 6.45) is 0. The van der Waals surface area contributed by atoms with Crippen LogP contribution in [0, 0.1) is 6.92 Å². The number of carbonyl (C=O) groups excluding carboxylic acids is 1. The first-order valence-electron chi connectivity index (χ1n) is 6.35. The van der Waals surface area contributed by atoms with Crippen LogP contribution in [0.15, 0.2) is 52.7 Å². The van der Waals surface area contributed by atoms with Crippen molar-refractivity contribution in [1.29, 1.82) is 0 Å². The lowest BCUT2D eigenvalue weighted by molar-refractivity contribution is 0.0993. The van der Waals surface area contributed by atoms with Crippen molar-refractivity contribution in [3.05, 3.63) is 58.6 Å². The van der Waals surface area contributed by atoms with Crippen LogP contribution in [0.3, 0.4) is 0 Å². The van der Waals surface area contributed by atoms with E-state index in [9.17, 15) is 9.00 Å². The molecule has 2 rings (SSSR count). The van der Waals surface area contributed by atoms with Crippen LogP contribution in [0.25, 0.3) is 0 Å². The van der Waals surface area contributed by atoms with Gasteiger partial charge in [-0.25, -0.2) is 4.21 Å². The summed E-state index contributed by atoms with van der Waals surface area (Å²) in [6, 6.07) is 11.4. The summed E-state index contributed by atoms with van der Waals surface area (Å²) in [5.41, 5.74) is 1.88. The fourth-order valence-electron chi connectivity index (χ4n) is 1.71. The highest BCUT2D eigenvalue weighted by atomic mass is 35.5. The number of nitrogens with zero attached hydrogens (tertiary/aromatic N) is 3. The molecule has 0 radical (unpaired) electrons. The minimum Gasteiger partial charge on any atom is -0.289 e. The highest BCUT2D eigenvalue weighted by molar-refractivity contribution is 7.80. The maximum absolute atomic E-state index is 12.0.